The Hall–Kier alpha value is -2.49. The number of benzene rings is 2. The average molecular weight is 298 g/mol. The number of nitrogens with zero attached hydrogens (tertiary/aromatic N) is 1. The second kappa shape index (κ2) is 7.50. The number of urea groups is 1. The van der Waals surface area contributed by atoms with Crippen molar-refractivity contribution in [1.82, 2.24) is 4.90 Å². The zero-order valence-corrected chi connectivity index (χ0v) is 13.0. The van der Waals surface area contributed by atoms with Crippen LogP contribution in [0.15, 0.2) is 54.6 Å². The molecule has 4 heteroatoms. The molecule has 2 aromatic rings. The summed E-state index contributed by atoms with van der Waals surface area (Å²) in [5.74, 6) is 0.859. The fourth-order valence-corrected chi connectivity index (χ4v) is 2.22. The summed E-state index contributed by atoms with van der Waals surface area (Å²) in [6.45, 7) is 2.56. The van der Waals surface area contributed by atoms with Crippen LogP contribution in [0, 0.1) is 6.92 Å². The quantitative estimate of drug-likeness (QED) is 0.887. The number of hydrogen-bond acceptors (Lipinski definition) is 2. The Morgan fingerprint density at radius 1 is 1.14 bits per heavy atom. The molecular formula is C18H22N2O2. The van der Waals surface area contributed by atoms with Crippen molar-refractivity contribution in [2.45, 2.75) is 19.4 Å². The van der Waals surface area contributed by atoms with Gasteiger partial charge in [-0.2, -0.15) is 0 Å². The third-order valence-corrected chi connectivity index (χ3v) is 3.64. The molecule has 0 unspecified atom stereocenters. The summed E-state index contributed by atoms with van der Waals surface area (Å²) in [5.41, 5.74) is 7.46. The van der Waals surface area contributed by atoms with Crippen LogP contribution in [0.1, 0.15) is 23.7 Å². The topological polar surface area (TPSA) is 55.6 Å². The van der Waals surface area contributed by atoms with Gasteiger partial charge in [0.2, 0.25) is 0 Å². The minimum atomic E-state index is -0.428. The molecule has 2 aromatic carbocycles. The van der Waals surface area contributed by atoms with Crippen molar-refractivity contribution in [2.24, 2.45) is 5.73 Å². The van der Waals surface area contributed by atoms with Crippen molar-refractivity contribution in [3.63, 3.8) is 0 Å². The summed E-state index contributed by atoms with van der Waals surface area (Å²) in [6.07, 6.45) is 0.557. The monoisotopic (exact) mass is 298 g/mol. The second-order valence-corrected chi connectivity index (χ2v) is 5.33. The lowest BCUT2D eigenvalue weighted by molar-refractivity contribution is 0.172. The fourth-order valence-electron chi connectivity index (χ4n) is 2.22. The molecule has 4 nitrogen and oxygen atoms in total. The van der Waals surface area contributed by atoms with E-state index in [0.717, 1.165) is 16.9 Å². The maximum atomic E-state index is 11.2. The van der Waals surface area contributed by atoms with Crippen molar-refractivity contribution in [3.8, 4) is 5.75 Å². The van der Waals surface area contributed by atoms with E-state index in [1.165, 1.54) is 4.90 Å². The van der Waals surface area contributed by atoms with Crippen LogP contribution in [0.5, 0.6) is 5.75 Å². The van der Waals surface area contributed by atoms with Crippen molar-refractivity contribution in [3.05, 3.63) is 65.7 Å². The van der Waals surface area contributed by atoms with Crippen LogP contribution in [0.25, 0.3) is 0 Å². The molecule has 0 saturated heterocycles. The highest BCUT2D eigenvalue weighted by Crippen LogP contribution is 2.27. The highest BCUT2D eigenvalue weighted by atomic mass is 16.5. The molecule has 0 bridgehead atoms. The molecule has 0 spiro atoms. The largest absolute Gasteiger partial charge is 0.485 e. The number of ether oxygens (including phenoxy) is 1. The van der Waals surface area contributed by atoms with Gasteiger partial charge in [-0.3, -0.25) is 0 Å². The third kappa shape index (κ3) is 4.25. The van der Waals surface area contributed by atoms with Crippen molar-refractivity contribution in [1.29, 1.82) is 0 Å². The van der Waals surface area contributed by atoms with Gasteiger partial charge in [0.15, 0.2) is 0 Å². The summed E-state index contributed by atoms with van der Waals surface area (Å²) in [4.78, 5) is 12.7. The second-order valence-electron chi connectivity index (χ2n) is 5.33. The van der Waals surface area contributed by atoms with E-state index in [4.69, 9.17) is 10.5 Å². The number of aryl methyl sites for hydroxylation is 1. The van der Waals surface area contributed by atoms with Gasteiger partial charge in [-0.15, -0.1) is 0 Å². The van der Waals surface area contributed by atoms with Crippen molar-refractivity contribution in [2.75, 3.05) is 13.6 Å². The number of primary amides is 1. The molecule has 0 aliphatic carbocycles. The minimum Gasteiger partial charge on any atom is -0.485 e. The Balaban J connectivity index is 2.15. The van der Waals surface area contributed by atoms with Gasteiger partial charge in [0.05, 0.1) is 0 Å². The van der Waals surface area contributed by atoms with Crippen LogP contribution in [0.2, 0.25) is 0 Å². The average Bonchev–Trinajstić information content (AvgIpc) is 2.53. The van der Waals surface area contributed by atoms with E-state index in [9.17, 15) is 4.79 Å². The van der Waals surface area contributed by atoms with Crippen molar-refractivity contribution < 1.29 is 9.53 Å². The van der Waals surface area contributed by atoms with E-state index in [-0.39, 0.29) is 6.10 Å². The number of carbonyl (C=O) groups excluding carboxylic acids is 1. The summed E-state index contributed by atoms with van der Waals surface area (Å²) < 4.78 is 6.18. The molecule has 0 aromatic heterocycles. The molecule has 0 aliphatic heterocycles. The number of carbonyl (C=O) groups is 1. The first-order valence-electron chi connectivity index (χ1n) is 7.35. The van der Waals surface area contributed by atoms with Gasteiger partial charge in [0.1, 0.15) is 11.9 Å². The molecule has 0 heterocycles. The van der Waals surface area contributed by atoms with Crippen LogP contribution in [-0.2, 0) is 0 Å². The van der Waals surface area contributed by atoms with E-state index in [0.29, 0.717) is 13.0 Å². The maximum absolute atomic E-state index is 11.2. The lowest BCUT2D eigenvalue weighted by Crippen LogP contribution is -2.33. The Bertz CT molecular complexity index is 613. The molecule has 2 rings (SSSR count). The molecule has 0 radical (unpaired) electrons. The Morgan fingerprint density at radius 2 is 1.77 bits per heavy atom. The number of amides is 2. The third-order valence-electron chi connectivity index (χ3n) is 3.64. The molecule has 22 heavy (non-hydrogen) atoms. The number of para-hydroxylation sites is 1. The van der Waals surface area contributed by atoms with Gasteiger partial charge >= 0.3 is 6.03 Å². The summed E-state index contributed by atoms with van der Waals surface area (Å²) in [5, 5.41) is 0. The lowest BCUT2D eigenvalue weighted by Gasteiger charge is -2.23. The first-order valence-corrected chi connectivity index (χ1v) is 7.35. The molecule has 0 fully saturated rings. The Kier molecular flexibility index (Phi) is 5.42. The Morgan fingerprint density at radius 3 is 2.41 bits per heavy atom. The highest BCUT2D eigenvalue weighted by Gasteiger charge is 2.16. The summed E-state index contributed by atoms with van der Waals surface area (Å²) >= 11 is 0. The van der Waals surface area contributed by atoms with Gasteiger partial charge in [-0.05, 0) is 24.1 Å². The van der Waals surface area contributed by atoms with Gasteiger partial charge < -0.3 is 15.4 Å². The molecule has 116 valence electrons. The van der Waals surface area contributed by atoms with Crippen molar-refractivity contribution >= 4 is 6.03 Å². The smallest absolute Gasteiger partial charge is 0.314 e. The van der Waals surface area contributed by atoms with E-state index < -0.39 is 6.03 Å². The molecular weight excluding hydrogens is 276 g/mol. The molecule has 0 aliphatic rings. The number of nitrogens with two attached hydrogens (primary N) is 1. The molecule has 0 saturated carbocycles. The predicted octanol–water partition coefficient (Wildman–Crippen LogP) is 3.52. The van der Waals surface area contributed by atoms with E-state index >= 15 is 0 Å². The van der Waals surface area contributed by atoms with E-state index in [1.54, 1.807) is 7.05 Å². The minimum absolute atomic E-state index is 0.121. The molecule has 1 atom stereocenters. The number of hydrogen-bond donors (Lipinski definition) is 1. The first kappa shape index (κ1) is 15.9. The zero-order chi connectivity index (χ0) is 15.9. The first-order chi connectivity index (χ1) is 10.6. The normalized spacial score (nSPS) is 11.7. The highest BCUT2D eigenvalue weighted by molar-refractivity contribution is 5.71. The van der Waals surface area contributed by atoms with Gasteiger partial charge in [0, 0.05) is 20.0 Å². The maximum Gasteiger partial charge on any atom is 0.314 e. The van der Waals surface area contributed by atoms with E-state index in [1.807, 2.05) is 61.5 Å². The standard InChI is InChI=1S/C18H22N2O2/c1-14-8-6-7-11-16(14)22-17(12-13-20(2)18(19)21)15-9-4-3-5-10-15/h3-11,17H,12-13H2,1-2H3,(H2,19,21)/t17-/m1/s1. The number of rotatable bonds is 6. The van der Waals surface area contributed by atoms with Crippen LogP contribution in [0.4, 0.5) is 4.79 Å². The molecule has 2 N–H and O–H groups in total. The summed E-state index contributed by atoms with van der Waals surface area (Å²) in [6, 6.07) is 17.5. The van der Waals surface area contributed by atoms with Crippen LogP contribution >= 0.6 is 0 Å². The van der Waals surface area contributed by atoms with E-state index in [2.05, 4.69) is 0 Å². The predicted molar refractivity (Wildman–Crippen MR) is 87.8 cm³/mol. The van der Waals surface area contributed by atoms with Gasteiger partial charge in [-0.1, -0.05) is 48.5 Å². The molecule has 2 amide bonds. The van der Waals surface area contributed by atoms with Gasteiger partial charge in [-0.25, -0.2) is 4.79 Å². The van der Waals surface area contributed by atoms with Gasteiger partial charge in [0.25, 0.3) is 0 Å². The SMILES string of the molecule is Cc1ccccc1O[C@H](CCN(C)C(N)=O)c1ccccc1. The zero-order valence-electron chi connectivity index (χ0n) is 13.0. The Labute approximate surface area is 131 Å². The van der Waals surface area contributed by atoms with Crippen LogP contribution < -0.4 is 10.5 Å². The lowest BCUT2D eigenvalue weighted by atomic mass is 10.1. The van der Waals surface area contributed by atoms with Crippen LogP contribution in [-0.4, -0.2) is 24.5 Å². The van der Waals surface area contributed by atoms with Crippen LogP contribution in [0.3, 0.4) is 0 Å². The summed E-state index contributed by atoms with van der Waals surface area (Å²) in [7, 11) is 1.69. The fraction of sp³-hybridized carbons (Fsp3) is 0.278.